The van der Waals surface area contributed by atoms with Crippen molar-refractivity contribution < 1.29 is 23.1 Å². The van der Waals surface area contributed by atoms with Crippen molar-refractivity contribution in [3.05, 3.63) is 70.3 Å². The van der Waals surface area contributed by atoms with Crippen LogP contribution in [0.2, 0.25) is 5.02 Å². The summed E-state index contributed by atoms with van der Waals surface area (Å²) in [5, 5.41) is 13.4. The molecule has 1 aromatic carbocycles. The number of amides is 2. The lowest BCUT2D eigenvalue weighted by molar-refractivity contribution is 0.0263. The van der Waals surface area contributed by atoms with E-state index in [1.165, 1.54) is 12.3 Å². The van der Waals surface area contributed by atoms with E-state index in [2.05, 4.69) is 25.8 Å². The van der Waals surface area contributed by atoms with Gasteiger partial charge in [0.15, 0.2) is 17.2 Å². The molecule has 3 aliphatic heterocycles. The Balaban J connectivity index is 1.13. The van der Waals surface area contributed by atoms with Gasteiger partial charge in [0, 0.05) is 32.3 Å². The van der Waals surface area contributed by atoms with Gasteiger partial charge in [-0.1, -0.05) is 17.7 Å². The van der Waals surface area contributed by atoms with Crippen molar-refractivity contribution in [2.75, 3.05) is 41.3 Å². The van der Waals surface area contributed by atoms with Gasteiger partial charge in [-0.25, -0.2) is 18.6 Å². The summed E-state index contributed by atoms with van der Waals surface area (Å²) in [6.45, 7) is 1.71. The minimum Gasteiger partial charge on any atom is -0.436 e. The topological polar surface area (TPSA) is 113 Å². The number of carbonyl (C=O) groups is 2. The largest absolute Gasteiger partial charge is 0.436 e. The number of anilines is 3. The van der Waals surface area contributed by atoms with Gasteiger partial charge < -0.3 is 19.9 Å². The molecule has 2 saturated heterocycles. The highest BCUT2D eigenvalue weighted by molar-refractivity contribution is 6.31. The number of halogens is 3. The van der Waals surface area contributed by atoms with Gasteiger partial charge in [0.25, 0.3) is 5.91 Å². The summed E-state index contributed by atoms with van der Waals surface area (Å²) in [6.07, 6.45) is 2.30. The third-order valence-corrected chi connectivity index (χ3v) is 7.54. The molecule has 202 valence electrons. The number of nitrogens with one attached hydrogen (secondary N) is 2. The Morgan fingerprint density at radius 2 is 2.08 bits per heavy atom. The number of ether oxygens (including phenoxy) is 1. The smallest absolute Gasteiger partial charge is 0.412 e. The zero-order valence-electron chi connectivity index (χ0n) is 20.7. The van der Waals surface area contributed by atoms with E-state index in [-0.39, 0.29) is 35.1 Å². The monoisotopic (exact) mass is 555 g/mol. The molecule has 2 atom stereocenters. The van der Waals surface area contributed by atoms with E-state index < -0.39 is 23.7 Å². The lowest BCUT2D eigenvalue weighted by Gasteiger charge is -2.35. The summed E-state index contributed by atoms with van der Waals surface area (Å²) >= 11 is 6.03. The predicted molar refractivity (Wildman–Crippen MR) is 139 cm³/mol. The molecule has 0 aliphatic carbocycles. The maximum atomic E-state index is 15.1. The first-order valence-electron chi connectivity index (χ1n) is 12.5. The first-order valence-corrected chi connectivity index (χ1v) is 12.9. The van der Waals surface area contributed by atoms with Crippen molar-refractivity contribution in [1.29, 1.82) is 0 Å². The number of fused-ring (bicyclic) bond motifs is 2. The van der Waals surface area contributed by atoms with Crippen LogP contribution in [0.1, 0.15) is 34.3 Å². The number of aromatic nitrogens is 3. The van der Waals surface area contributed by atoms with Crippen LogP contribution >= 0.6 is 11.6 Å². The lowest BCUT2D eigenvalue weighted by Crippen LogP contribution is -2.42. The standard InChI is InChI=1S/C26H24ClF2N7O3/c27-18-2-3-19-22(23(18)29)26(39-25(38)33-19)6-8-36(14-26)21-9-16(12-32-34-21)24(37)31-11-15-1-4-20(30-10-15)35-7-5-17(28)13-35/h1-4,9-10,12,17H,5-8,11,13-14H2,(H,31,37)(H,33,38)/t17-,26+/m0/s1. The van der Waals surface area contributed by atoms with Gasteiger partial charge in [0.2, 0.25) is 0 Å². The summed E-state index contributed by atoms with van der Waals surface area (Å²) in [5.41, 5.74) is 0.315. The average molecular weight is 556 g/mol. The van der Waals surface area contributed by atoms with Crippen molar-refractivity contribution in [2.45, 2.75) is 31.2 Å². The molecule has 2 aromatic heterocycles. The number of benzene rings is 1. The fraction of sp³-hybridized carbons (Fsp3) is 0.346. The number of alkyl halides is 1. The fourth-order valence-electron chi connectivity index (χ4n) is 5.28. The first kappa shape index (κ1) is 25.2. The SMILES string of the molecule is O=C1Nc2ccc(Cl)c(F)c2[C@]2(CCN(c3cc(C(=O)NCc4ccc(N5CC[C@H](F)C5)nc4)cnn3)C2)O1. The average Bonchev–Trinajstić information content (AvgIpc) is 3.56. The normalized spacial score (nSPS) is 22.0. The molecule has 13 heteroatoms. The van der Waals surface area contributed by atoms with Crippen LogP contribution in [-0.2, 0) is 16.9 Å². The minimum absolute atomic E-state index is 0.0703. The van der Waals surface area contributed by atoms with Crippen LogP contribution in [0.3, 0.4) is 0 Å². The molecule has 1 spiro atoms. The molecule has 3 aromatic rings. The second-order valence-corrected chi connectivity index (χ2v) is 10.2. The summed E-state index contributed by atoms with van der Waals surface area (Å²) in [6, 6.07) is 8.18. The van der Waals surface area contributed by atoms with Crippen LogP contribution in [0.4, 0.5) is 30.9 Å². The maximum Gasteiger partial charge on any atom is 0.412 e. The van der Waals surface area contributed by atoms with Crippen LogP contribution in [0.15, 0.2) is 42.7 Å². The highest BCUT2D eigenvalue weighted by Gasteiger charge is 2.50. The number of nitrogens with zero attached hydrogens (tertiary/aromatic N) is 5. The van der Waals surface area contributed by atoms with E-state index >= 15 is 4.39 Å². The Hall–Kier alpha value is -4.06. The Labute approximate surface area is 227 Å². The number of rotatable bonds is 5. The van der Waals surface area contributed by atoms with Gasteiger partial charge in [-0.3, -0.25) is 10.1 Å². The molecule has 0 unspecified atom stereocenters. The van der Waals surface area contributed by atoms with Crippen LogP contribution in [0.5, 0.6) is 0 Å². The molecule has 10 nitrogen and oxygen atoms in total. The van der Waals surface area contributed by atoms with E-state index in [1.54, 1.807) is 23.2 Å². The highest BCUT2D eigenvalue weighted by Crippen LogP contribution is 2.46. The van der Waals surface area contributed by atoms with Gasteiger partial charge in [-0.2, -0.15) is 5.10 Å². The van der Waals surface area contributed by atoms with Gasteiger partial charge >= 0.3 is 6.09 Å². The molecule has 0 radical (unpaired) electrons. The van der Waals surface area contributed by atoms with Crippen molar-refractivity contribution in [3.8, 4) is 0 Å². The van der Waals surface area contributed by atoms with Crippen LogP contribution in [0, 0.1) is 5.82 Å². The van der Waals surface area contributed by atoms with Crippen LogP contribution < -0.4 is 20.4 Å². The molecule has 2 amide bonds. The number of hydrogen-bond acceptors (Lipinski definition) is 8. The van der Waals surface area contributed by atoms with E-state index in [9.17, 15) is 14.0 Å². The number of carbonyl (C=O) groups excluding carboxylic acids is 2. The molecule has 0 bridgehead atoms. The van der Waals surface area contributed by atoms with Gasteiger partial charge in [-0.05, 0) is 36.2 Å². The van der Waals surface area contributed by atoms with Crippen LogP contribution in [-0.4, -0.2) is 59.5 Å². The molecule has 6 rings (SSSR count). The Kier molecular flexibility index (Phi) is 6.42. The van der Waals surface area contributed by atoms with Crippen molar-refractivity contribution in [2.24, 2.45) is 0 Å². The quantitative estimate of drug-likeness (QED) is 0.489. The van der Waals surface area contributed by atoms with Crippen molar-refractivity contribution in [1.82, 2.24) is 20.5 Å². The summed E-state index contributed by atoms with van der Waals surface area (Å²) in [4.78, 5) is 33.2. The second kappa shape index (κ2) is 9.92. The molecule has 0 saturated carbocycles. The maximum absolute atomic E-state index is 15.1. The van der Waals surface area contributed by atoms with Gasteiger partial charge in [0.05, 0.1) is 41.1 Å². The van der Waals surface area contributed by atoms with Gasteiger partial charge in [-0.15, -0.1) is 5.10 Å². The molecule has 2 fully saturated rings. The second-order valence-electron chi connectivity index (χ2n) is 9.81. The fourth-order valence-corrected chi connectivity index (χ4v) is 5.44. The summed E-state index contributed by atoms with van der Waals surface area (Å²) in [7, 11) is 0. The highest BCUT2D eigenvalue weighted by atomic mass is 35.5. The van der Waals surface area contributed by atoms with Crippen molar-refractivity contribution >= 4 is 40.9 Å². The zero-order valence-corrected chi connectivity index (χ0v) is 21.4. The zero-order chi connectivity index (χ0) is 27.1. The summed E-state index contributed by atoms with van der Waals surface area (Å²) in [5.74, 6) is 0.0897. The van der Waals surface area contributed by atoms with Crippen LogP contribution in [0.25, 0.3) is 0 Å². The Morgan fingerprint density at radius 1 is 1.21 bits per heavy atom. The number of pyridine rings is 1. The Bertz CT molecular complexity index is 1440. The van der Waals surface area contributed by atoms with Crippen molar-refractivity contribution in [3.63, 3.8) is 0 Å². The lowest BCUT2D eigenvalue weighted by atomic mass is 9.89. The molecule has 39 heavy (non-hydrogen) atoms. The van der Waals surface area contributed by atoms with E-state index in [4.69, 9.17) is 16.3 Å². The first-order chi connectivity index (χ1) is 18.8. The minimum atomic E-state index is -1.26. The predicted octanol–water partition coefficient (Wildman–Crippen LogP) is 3.81. The van der Waals surface area contributed by atoms with E-state index in [1.807, 2.05) is 17.0 Å². The molecule has 2 N–H and O–H groups in total. The molecule has 5 heterocycles. The van der Waals surface area contributed by atoms with E-state index in [0.29, 0.717) is 49.8 Å². The molecule has 3 aliphatic rings. The third kappa shape index (κ3) is 4.80. The molecular formula is C26H24ClF2N7O3. The third-order valence-electron chi connectivity index (χ3n) is 7.25. The Morgan fingerprint density at radius 3 is 2.85 bits per heavy atom. The summed E-state index contributed by atoms with van der Waals surface area (Å²) < 4.78 is 34.1. The van der Waals surface area contributed by atoms with E-state index in [0.717, 1.165) is 5.56 Å². The number of hydrogen-bond donors (Lipinski definition) is 2. The van der Waals surface area contributed by atoms with Gasteiger partial charge in [0.1, 0.15) is 12.0 Å². The molecular weight excluding hydrogens is 532 g/mol.